The van der Waals surface area contributed by atoms with E-state index in [1.807, 2.05) is 0 Å². The zero-order valence-corrected chi connectivity index (χ0v) is 14.7. The van der Waals surface area contributed by atoms with Crippen LogP contribution in [0.4, 0.5) is 0 Å². The molecule has 0 spiro atoms. The number of benzene rings is 1. The van der Waals surface area contributed by atoms with Gasteiger partial charge in [0.15, 0.2) is 0 Å². The number of aromatic hydroxyl groups is 1. The maximum atomic E-state index is 10.2. The first-order valence-corrected chi connectivity index (χ1v) is 8.21. The number of aliphatic hydroxyl groups is 3. The van der Waals surface area contributed by atoms with E-state index < -0.39 is 30.0 Å². The highest BCUT2D eigenvalue weighted by molar-refractivity contribution is 5.47. The molecule has 0 aliphatic carbocycles. The molecule has 0 bridgehead atoms. The summed E-state index contributed by atoms with van der Waals surface area (Å²) in [6.45, 7) is 5.16. The number of rotatable bonds is 7. The molecule has 6 nitrogen and oxygen atoms in total. The van der Waals surface area contributed by atoms with Gasteiger partial charge in [-0.25, -0.2) is 0 Å². The van der Waals surface area contributed by atoms with Gasteiger partial charge in [-0.05, 0) is 38.0 Å². The Morgan fingerprint density at radius 2 is 2.00 bits per heavy atom. The van der Waals surface area contributed by atoms with Crippen molar-refractivity contribution in [3.63, 3.8) is 0 Å². The van der Waals surface area contributed by atoms with Crippen LogP contribution >= 0.6 is 0 Å². The van der Waals surface area contributed by atoms with Crippen molar-refractivity contribution in [2.75, 3.05) is 7.11 Å². The molecule has 136 valence electrons. The van der Waals surface area contributed by atoms with Crippen molar-refractivity contribution in [1.82, 2.24) is 0 Å². The second kappa shape index (κ2) is 7.37. The standard InChI is InChI=1S/C18H28O6/c1-10(19)14(21)8-15-17-11(7-16(23-4)18(2,3)22)5-6-13(20)12(17)9-24-15/h5-6,10,14-16,19-22H,7-9H2,1-4H3/t10-,14+,15+,16?/m0/s1. The highest BCUT2D eigenvalue weighted by Crippen LogP contribution is 2.41. The molecular formula is C18H28O6. The molecule has 1 aliphatic heterocycles. The van der Waals surface area contributed by atoms with Crippen molar-refractivity contribution in [3.8, 4) is 5.75 Å². The number of fused-ring (bicyclic) bond motifs is 1. The normalized spacial score (nSPS) is 21.4. The number of aliphatic hydroxyl groups excluding tert-OH is 2. The van der Waals surface area contributed by atoms with Gasteiger partial charge in [-0.15, -0.1) is 0 Å². The Morgan fingerprint density at radius 1 is 1.33 bits per heavy atom. The van der Waals surface area contributed by atoms with Crippen LogP contribution in [0.1, 0.15) is 50.0 Å². The van der Waals surface area contributed by atoms with Gasteiger partial charge < -0.3 is 29.9 Å². The van der Waals surface area contributed by atoms with Crippen LogP contribution < -0.4 is 0 Å². The van der Waals surface area contributed by atoms with Crippen LogP contribution in [-0.2, 0) is 22.5 Å². The Bertz CT molecular complexity index is 563. The number of hydrogen-bond donors (Lipinski definition) is 4. The first-order valence-electron chi connectivity index (χ1n) is 8.21. The molecule has 1 unspecified atom stereocenters. The molecule has 24 heavy (non-hydrogen) atoms. The van der Waals surface area contributed by atoms with E-state index in [-0.39, 0.29) is 18.8 Å². The Kier molecular flexibility index (Phi) is 5.88. The van der Waals surface area contributed by atoms with Crippen LogP contribution in [-0.4, -0.2) is 51.4 Å². The maximum absolute atomic E-state index is 10.2. The molecular weight excluding hydrogens is 312 g/mol. The Balaban J connectivity index is 2.33. The third-order valence-electron chi connectivity index (χ3n) is 4.66. The molecule has 0 saturated heterocycles. The van der Waals surface area contributed by atoms with Crippen molar-refractivity contribution in [2.45, 2.75) is 70.2 Å². The summed E-state index contributed by atoms with van der Waals surface area (Å²) in [4.78, 5) is 0. The summed E-state index contributed by atoms with van der Waals surface area (Å²) in [5.74, 6) is 0.153. The summed E-state index contributed by atoms with van der Waals surface area (Å²) in [6, 6.07) is 3.41. The molecule has 1 aromatic rings. The Morgan fingerprint density at radius 3 is 2.54 bits per heavy atom. The third kappa shape index (κ3) is 4.07. The summed E-state index contributed by atoms with van der Waals surface area (Å²) in [5.41, 5.74) is 1.40. The van der Waals surface area contributed by atoms with Gasteiger partial charge in [-0.3, -0.25) is 0 Å². The van der Waals surface area contributed by atoms with Gasteiger partial charge in [0.2, 0.25) is 0 Å². The monoisotopic (exact) mass is 340 g/mol. The molecule has 4 N–H and O–H groups in total. The van der Waals surface area contributed by atoms with Gasteiger partial charge in [0.25, 0.3) is 0 Å². The van der Waals surface area contributed by atoms with Crippen LogP contribution in [0.3, 0.4) is 0 Å². The van der Waals surface area contributed by atoms with Gasteiger partial charge in [0, 0.05) is 25.5 Å². The summed E-state index contributed by atoms with van der Waals surface area (Å²) < 4.78 is 11.2. The van der Waals surface area contributed by atoms with E-state index >= 15 is 0 Å². The van der Waals surface area contributed by atoms with Crippen LogP contribution in [0.2, 0.25) is 0 Å². The first kappa shape index (κ1) is 19.1. The highest BCUT2D eigenvalue weighted by Gasteiger charge is 2.34. The van der Waals surface area contributed by atoms with Gasteiger partial charge in [0.1, 0.15) is 5.75 Å². The molecule has 0 aromatic heterocycles. The molecule has 1 heterocycles. The Labute approximate surface area is 142 Å². The minimum absolute atomic E-state index is 0.153. The molecule has 0 radical (unpaired) electrons. The molecule has 0 saturated carbocycles. The first-order chi connectivity index (χ1) is 11.1. The number of phenolic OH excluding ortho intramolecular Hbond substituents is 1. The fraction of sp³-hybridized carbons (Fsp3) is 0.667. The topological polar surface area (TPSA) is 99.4 Å². The molecule has 0 fully saturated rings. The summed E-state index contributed by atoms with van der Waals surface area (Å²) in [7, 11) is 1.55. The number of ether oxygens (including phenoxy) is 2. The van der Waals surface area contributed by atoms with Crippen LogP contribution in [0.25, 0.3) is 0 Å². The maximum Gasteiger partial charge on any atom is 0.121 e. The molecule has 1 aromatic carbocycles. The van der Waals surface area contributed by atoms with Crippen molar-refractivity contribution < 1.29 is 29.9 Å². The van der Waals surface area contributed by atoms with E-state index in [0.717, 1.165) is 11.1 Å². The quantitative estimate of drug-likeness (QED) is 0.599. The lowest BCUT2D eigenvalue weighted by Crippen LogP contribution is -2.39. The molecule has 6 heteroatoms. The third-order valence-corrected chi connectivity index (χ3v) is 4.66. The minimum atomic E-state index is -1.02. The largest absolute Gasteiger partial charge is 0.508 e. The van der Waals surface area contributed by atoms with Crippen LogP contribution in [0.5, 0.6) is 5.75 Å². The number of phenols is 1. The summed E-state index contributed by atoms with van der Waals surface area (Å²) >= 11 is 0. The predicted molar refractivity (Wildman–Crippen MR) is 88.7 cm³/mol. The summed E-state index contributed by atoms with van der Waals surface area (Å²) in [5, 5.41) is 39.9. The van der Waals surface area contributed by atoms with Crippen LogP contribution in [0.15, 0.2) is 12.1 Å². The minimum Gasteiger partial charge on any atom is -0.508 e. The average Bonchev–Trinajstić information content (AvgIpc) is 2.90. The van der Waals surface area contributed by atoms with Gasteiger partial charge in [-0.2, -0.15) is 0 Å². The smallest absolute Gasteiger partial charge is 0.121 e. The molecule has 1 aliphatic rings. The highest BCUT2D eigenvalue weighted by atomic mass is 16.5. The predicted octanol–water partition coefficient (Wildman–Crippen LogP) is 1.42. The van der Waals surface area contributed by atoms with Gasteiger partial charge in [-0.1, -0.05) is 6.07 Å². The zero-order chi connectivity index (χ0) is 18.1. The zero-order valence-electron chi connectivity index (χ0n) is 14.7. The van der Waals surface area contributed by atoms with Crippen LogP contribution in [0, 0.1) is 0 Å². The number of methoxy groups -OCH3 is 1. The van der Waals surface area contributed by atoms with E-state index in [4.69, 9.17) is 9.47 Å². The summed E-state index contributed by atoms with van der Waals surface area (Å²) in [6.07, 6.45) is -1.92. The second-order valence-electron chi connectivity index (χ2n) is 7.06. The number of hydrogen-bond acceptors (Lipinski definition) is 6. The van der Waals surface area contributed by atoms with Crippen molar-refractivity contribution in [1.29, 1.82) is 0 Å². The van der Waals surface area contributed by atoms with E-state index in [9.17, 15) is 20.4 Å². The van der Waals surface area contributed by atoms with Gasteiger partial charge >= 0.3 is 0 Å². The Hall–Kier alpha value is -1.18. The lowest BCUT2D eigenvalue weighted by Gasteiger charge is -2.29. The fourth-order valence-corrected chi connectivity index (χ4v) is 3.12. The molecule has 2 rings (SSSR count). The van der Waals surface area contributed by atoms with Gasteiger partial charge in [0.05, 0.1) is 36.6 Å². The van der Waals surface area contributed by atoms with E-state index in [1.54, 1.807) is 33.1 Å². The lowest BCUT2D eigenvalue weighted by molar-refractivity contribution is -0.0692. The lowest BCUT2D eigenvalue weighted by atomic mass is 9.88. The molecule has 0 amide bonds. The van der Waals surface area contributed by atoms with Crippen molar-refractivity contribution in [2.24, 2.45) is 0 Å². The van der Waals surface area contributed by atoms with Crippen molar-refractivity contribution >= 4 is 0 Å². The van der Waals surface area contributed by atoms with E-state index in [2.05, 4.69) is 0 Å². The van der Waals surface area contributed by atoms with Crippen molar-refractivity contribution in [3.05, 3.63) is 28.8 Å². The average molecular weight is 340 g/mol. The molecule has 4 atom stereocenters. The fourth-order valence-electron chi connectivity index (χ4n) is 3.12. The van der Waals surface area contributed by atoms with E-state index in [1.165, 1.54) is 6.92 Å². The SMILES string of the molecule is COC(Cc1ccc(O)c2c1[C@@H](C[C@@H](O)[C@H](C)O)OC2)C(C)(C)O. The van der Waals surface area contributed by atoms with E-state index in [0.29, 0.717) is 12.0 Å². The second-order valence-corrected chi connectivity index (χ2v) is 7.06.